The molecule has 4 heteroatoms. The van der Waals surface area contributed by atoms with Gasteiger partial charge in [-0.3, -0.25) is 0 Å². The van der Waals surface area contributed by atoms with Gasteiger partial charge in [0, 0.05) is 0 Å². The Balaban J connectivity index is 2.39. The Morgan fingerprint density at radius 1 is 1.14 bits per heavy atom. The monoisotopic (exact) mass is 202 g/mol. The van der Waals surface area contributed by atoms with Crippen LogP contribution in [-0.2, 0) is 23.9 Å². The molecule has 1 nitrogen and oxygen atoms in total. The molecule has 76 valence electrons. The summed E-state index contributed by atoms with van der Waals surface area (Å²) in [5.74, 6) is 0. The molecule has 0 saturated carbocycles. The summed E-state index contributed by atoms with van der Waals surface area (Å²) < 4.78 is 42.1. The second-order valence-corrected chi connectivity index (χ2v) is 3.28. The van der Waals surface area contributed by atoms with Crippen molar-refractivity contribution < 1.29 is 17.9 Å². The quantitative estimate of drug-likeness (QED) is 0.628. The highest BCUT2D eigenvalue weighted by Gasteiger charge is 2.31. The van der Waals surface area contributed by atoms with Gasteiger partial charge in [-0.25, -0.2) is 0 Å². The van der Waals surface area contributed by atoms with Gasteiger partial charge in [0.15, 0.2) is 0 Å². The van der Waals surface area contributed by atoms with Crippen molar-refractivity contribution in [1.82, 2.24) is 0 Å². The third-order valence-electron chi connectivity index (χ3n) is 2.31. The van der Waals surface area contributed by atoms with Gasteiger partial charge in [-0.2, -0.15) is 13.2 Å². The zero-order chi connectivity index (χ0) is 10.2. The molecule has 0 aliphatic carbocycles. The van der Waals surface area contributed by atoms with Crippen molar-refractivity contribution in [3.8, 4) is 0 Å². The van der Waals surface area contributed by atoms with Crippen molar-refractivity contribution >= 4 is 0 Å². The third kappa shape index (κ3) is 1.75. The molecular formula is C10H9F3O. The van der Waals surface area contributed by atoms with E-state index in [4.69, 9.17) is 4.74 Å². The van der Waals surface area contributed by atoms with Crippen molar-refractivity contribution in [2.45, 2.75) is 19.2 Å². The van der Waals surface area contributed by atoms with Crippen LogP contribution in [0.1, 0.15) is 16.7 Å². The first-order chi connectivity index (χ1) is 6.57. The van der Waals surface area contributed by atoms with E-state index in [1.54, 1.807) is 0 Å². The number of ether oxygens (including phenoxy) is 1. The lowest BCUT2D eigenvalue weighted by atomic mass is 10.0. The highest BCUT2D eigenvalue weighted by Crippen LogP contribution is 2.31. The Bertz CT molecular complexity index is 344. The van der Waals surface area contributed by atoms with E-state index in [1.807, 2.05) is 0 Å². The first-order valence-electron chi connectivity index (χ1n) is 4.34. The lowest BCUT2D eigenvalue weighted by molar-refractivity contribution is -0.137. The summed E-state index contributed by atoms with van der Waals surface area (Å²) in [5, 5.41) is 0. The van der Waals surface area contributed by atoms with E-state index >= 15 is 0 Å². The number of alkyl halides is 3. The summed E-state index contributed by atoms with van der Waals surface area (Å²) in [6.07, 6.45) is -3.67. The summed E-state index contributed by atoms with van der Waals surface area (Å²) in [5.41, 5.74) is 1.05. The van der Waals surface area contributed by atoms with Gasteiger partial charge in [0.25, 0.3) is 0 Å². The average Bonchev–Trinajstić information content (AvgIpc) is 2.16. The molecule has 1 aliphatic rings. The molecule has 0 unspecified atom stereocenters. The SMILES string of the molecule is FC(F)(F)c1ccc2c(c1)CCOC2. The zero-order valence-corrected chi connectivity index (χ0v) is 7.40. The first kappa shape index (κ1) is 9.52. The Hall–Kier alpha value is -1.03. The van der Waals surface area contributed by atoms with E-state index in [1.165, 1.54) is 12.1 Å². The van der Waals surface area contributed by atoms with Gasteiger partial charge >= 0.3 is 6.18 Å². The van der Waals surface area contributed by atoms with E-state index in [-0.39, 0.29) is 0 Å². The molecule has 2 rings (SSSR count). The molecule has 14 heavy (non-hydrogen) atoms. The average molecular weight is 202 g/mol. The van der Waals surface area contributed by atoms with E-state index in [9.17, 15) is 13.2 Å². The van der Waals surface area contributed by atoms with Crippen LogP contribution in [0.25, 0.3) is 0 Å². The standard InChI is InChI=1S/C10H9F3O/c11-10(12,13)9-2-1-8-6-14-4-3-7(8)5-9/h1-2,5H,3-4,6H2. The molecule has 1 aliphatic heterocycles. The van der Waals surface area contributed by atoms with Gasteiger partial charge in [-0.1, -0.05) is 6.07 Å². The van der Waals surface area contributed by atoms with Crippen molar-refractivity contribution in [2.75, 3.05) is 6.61 Å². The van der Waals surface area contributed by atoms with E-state index in [0.717, 1.165) is 17.2 Å². The summed E-state index contributed by atoms with van der Waals surface area (Å²) >= 11 is 0. The van der Waals surface area contributed by atoms with Crippen LogP contribution in [0.15, 0.2) is 18.2 Å². The second-order valence-electron chi connectivity index (χ2n) is 3.28. The molecule has 0 amide bonds. The van der Waals surface area contributed by atoms with E-state index < -0.39 is 11.7 Å². The number of fused-ring (bicyclic) bond motifs is 1. The molecule has 1 aromatic carbocycles. The van der Waals surface area contributed by atoms with Crippen molar-refractivity contribution in [3.05, 3.63) is 34.9 Å². The summed E-state index contributed by atoms with van der Waals surface area (Å²) in [4.78, 5) is 0. The van der Waals surface area contributed by atoms with Crippen LogP contribution < -0.4 is 0 Å². The van der Waals surface area contributed by atoms with Gasteiger partial charge in [0.1, 0.15) is 0 Å². The minimum atomic E-state index is -4.24. The molecule has 0 atom stereocenters. The summed E-state index contributed by atoms with van der Waals surface area (Å²) in [6.45, 7) is 0.932. The van der Waals surface area contributed by atoms with E-state index in [2.05, 4.69) is 0 Å². The Morgan fingerprint density at radius 3 is 2.64 bits per heavy atom. The highest BCUT2D eigenvalue weighted by atomic mass is 19.4. The number of benzene rings is 1. The van der Waals surface area contributed by atoms with Crippen LogP contribution >= 0.6 is 0 Å². The fourth-order valence-corrected chi connectivity index (χ4v) is 1.54. The Morgan fingerprint density at radius 2 is 1.93 bits per heavy atom. The van der Waals surface area contributed by atoms with Crippen LogP contribution in [0.3, 0.4) is 0 Å². The minimum Gasteiger partial charge on any atom is -0.376 e. The summed E-state index contributed by atoms with van der Waals surface area (Å²) in [7, 11) is 0. The predicted octanol–water partition coefficient (Wildman–Crippen LogP) is 2.78. The molecule has 0 saturated heterocycles. The van der Waals surface area contributed by atoms with Gasteiger partial charge in [-0.05, 0) is 29.7 Å². The van der Waals surface area contributed by atoms with Gasteiger partial charge in [0.2, 0.25) is 0 Å². The number of hydrogen-bond acceptors (Lipinski definition) is 1. The zero-order valence-electron chi connectivity index (χ0n) is 7.40. The summed E-state index contributed by atoms with van der Waals surface area (Å²) in [6, 6.07) is 3.82. The number of halogens is 3. The smallest absolute Gasteiger partial charge is 0.376 e. The van der Waals surface area contributed by atoms with Crippen LogP contribution in [-0.4, -0.2) is 6.61 Å². The van der Waals surface area contributed by atoms with Gasteiger partial charge in [-0.15, -0.1) is 0 Å². The maximum Gasteiger partial charge on any atom is 0.416 e. The second kappa shape index (κ2) is 3.28. The maximum atomic E-state index is 12.3. The van der Waals surface area contributed by atoms with E-state index in [0.29, 0.717) is 19.6 Å². The van der Waals surface area contributed by atoms with Crippen LogP contribution in [0.2, 0.25) is 0 Å². The predicted molar refractivity (Wildman–Crippen MR) is 44.8 cm³/mol. The fraction of sp³-hybridized carbons (Fsp3) is 0.400. The van der Waals surface area contributed by atoms with Crippen molar-refractivity contribution in [3.63, 3.8) is 0 Å². The normalized spacial score (nSPS) is 16.5. The molecule has 0 N–H and O–H groups in total. The van der Waals surface area contributed by atoms with Gasteiger partial charge in [0.05, 0.1) is 18.8 Å². The van der Waals surface area contributed by atoms with Gasteiger partial charge < -0.3 is 4.74 Å². The van der Waals surface area contributed by atoms with Crippen LogP contribution in [0.5, 0.6) is 0 Å². The fourth-order valence-electron chi connectivity index (χ4n) is 1.54. The Labute approximate surface area is 79.5 Å². The lowest BCUT2D eigenvalue weighted by Gasteiger charge is -2.17. The molecular weight excluding hydrogens is 193 g/mol. The molecule has 1 aromatic rings. The largest absolute Gasteiger partial charge is 0.416 e. The molecule has 0 spiro atoms. The lowest BCUT2D eigenvalue weighted by Crippen LogP contribution is -2.12. The van der Waals surface area contributed by atoms with Crippen LogP contribution in [0.4, 0.5) is 13.2 Å². The topological polar surface area (TPSA) is 9.23 Å². The molecule has 0 radical (unpaired) electrons. The molecule has 0 bridgehead atoms. The van der Waals surface area contributed by atoms with Crippen LogP contribution in [0, 0.1) is 0 Å². The van der Waals surface area contributed by atoms with Crippen molar-refractivity contribution in [1.29, 1.82) is 0 Å². The Kier molecular flexibility index (Phi) is 2.23. The minimum absolute atomic E-state index is 0.424. The highest BCUT2D eigenvalue weighted by molar-refractivity contribution is 5.34. The molecule has 0 aromatic heterocycles. The third-order valence-corrected chi connectivity index (χ3v) is 2.31. The number of hydrogen-bond donors (Lipinski definition) is 0. The maximum absolute atomic E-state index is 12.3. The molecule has 0 fully saturated rings. The first-order valence-corrected chi connectivity index (χ1v) is 4.34. The molecule has 1 heterocycles. The number of rotatable bonds is 0. The van der Waals surface area contributed by atoms with Crippen molar-refractivity contribution in [2.24, 2.45) is 0 Å².